The number of phenolic OH excluding ortho intramolecular Hbond substituents is 1. The number of carbonyl (C=O) groups excluding carboxylic acids is 1. The summed E-state index contributed by atoms with van der Waals surface area (Å²) in [5.74, 6) is 0.545. The van der Waals surface area contributed by atoms with Gasteiger partial charge in [0.15, 0.2) is 0 Å². The highest BCUT2D eigenvalue weighted by Gasteiger charge is 2.25. The Kier molecular flexibility index (Phi) is 7.09. The van der Waals surface area contributed by atoms with Crippen molar-refractivity contribution in [2.24, 2.45) is 0 Å². The Bertz CT molecular complexity index is 1200. The van der Waals surface area contributed by atoms with Crippen molar-refractivity contribution in [3.8, 4) is 5.75 Å². The number of fused-ring (bicyclic) bond motifs is 3. The van der Waals surface area contributed by atoms with Gasteiger partial charge < -0.3 is 20.2 Å². The van der Waals surface area contributed by atoms with Gasteiger partial charge in [-0.15, -0.1) is 11.3 Å². The van der Waals surface area contributed by atoms with Crippen LogP contribution < -0.4 is 5.32 Å². The van der Waals surface area contributed by atoms with E-state index in [1.165, 1.54) is 12.4 Å². The summed E-state index contributed by atoms with van der Waals surface area (Å²) < 4.78 is 0. The van der Waals surface area contributed by atoms with E-state index in [1.54, 1.807) is 23.5 Å². The molecule has 0 unspecified atom stereocenters. The molecule has 1 amide bonds. The quantitative estimate of drug-likeness (QED) is 0.446. The molecule has 0 fully saturated rings. The number of halogens is 2. The number of rotatable bonds is 6. The SMILES string of the molecule is CC(C)N(C)CC=CC(=O)N1CCc2c(sc3ncnc(Nc4cc(O)c(Cl)c(Cl)c4)c23)C1. The van der Waals surface area contributed by atoms with Gasteiger partial charge in [0, 0.05) is 41.8 Å². The average Bonchev–Trinajstić information content (AvgIpc) is 3.15. The van der Waals surface area contributed by atoms with Gasteiger partial charge in [-0.25, -0.2) is 9.97 Å². The molecule has 1 aromatic carbocycles. The Labute approximate surface area is 206 Å². The standard InChI is InChI=1S/C23H25Cl2N5O2S/c1-13(2)29(3)7-4-5-19(32)30-8-6-15-18(11-30)33-23-20(15)22(26-12-27-23)28-14-9-16(24)21(25)17(31)10-14/h4-5,9-10,12-13,31H,6-8,11H2,1-3H3,(H,26,27,28). The lowest BCUT2D eigenvalue weighted by Crippen LogP contribution is -2.34. The fourth-order valence-electron chi connectivity index (χ4n) is 3.63. The Balaban J connectivity index is 1.55. The van der Waals surface area contributed by atoms with E-state index in [9.17, 15) is 9.90 Å². The van der Waals surface area contributed by atoms with Crippen LogP contribution in [0.25, 0.3) is 10.2 Å². The van der Waals surface area contributed by atoms with Crippen molar-refractivity contribution in [1.29, 1.82) is 0 Å². The molecule has 0 saturated carbocycles. The van der Waals surface area contributed by atoms with Crippen LogP contribution in [0.15, 0.2) is 30.6 Å². The molecular weight excluding hydrogens is 481 g/mol. The van der Waals surface area contributed by atoms with Gasteiger partial charge in [-0.1, -0.05) is 29.3 Å². The maximum absolute atomic E-state index is 12.7. The summed E-state index contributed by atoms with van der Waals surface area (Å²) in [5, 5.41) is 14.5. The highest BCUT2D eigenvalue weighted by Crippen LogP contribution is 2.40. The highest BCUT2D eigenvalue weighted by atomic mass is 35.5. The number of likely N-dealkylation sites (N-methyl/N-ethyl adjacent to an activating group) is 1. The van der Waals surface area contributed by atoms with Gasteiger partial charge in [0.1, 0.15) is 27.7 Å². The number of nitrogens with zero attached hydrogens (tertiary/aromatic N) is 4. The van der Waals surface area contributed by atoms with Gasteiger partial charge in [-0.2, -0.15) is 0 Å². The zero-order valence-corrected chi connectivity index (χ0v) is 20.9. The Hall–Kier alpha value is -2.39. The van der Waals surface area contributed by atoms with Crippen LogP contribution in [-0.4, -0.2) is 57.0 Å². The molecule has 4 rings (SSSR count). The van der Waals surface area contributed by atoms with Crippen LogP contribution in [-0.2, 0) is 17.8 Å². The second-order valence-corrected chi connectivity index (χ2v) is 10.1. The lowest BCUT2D eigenvalue weighted by molar-refractivity contribution is -0.126. The molecule has 0 aliphatic carbocycles. The molecule has 0 spiro atoms. The molecule has 10 heteroatoms. The predicted octanol–water partition coefficient (Wildman–Crippen LogP) is 5.23. The van der Waals surface area contributed by atoms with Crippen molar-refractivity contribution >= 4 is 62.2 Å². The average molecular weight is 506 g/mol. The molecule has 3 aromatic rings. The van der Waals surface area contributed by atoms with E-state index in [4.69, 9.17) is 23.2 Å². The number of hydrogen-bond donors (Lipinski definition) is 2. The lowest BCUT2D eigenvalue weighted by Gasteiger charge is -2.26. The third kappa shape index (κ3) is 5.09. The van der Waals surface area contributed by atoms with Crippen LogP contribution in [0.3, 0.4) is 0 Å². The van der Waals surface area contributed by atoms with Crippen LogP contribution in [0.4, 0.5) is 11.5 Å². The number of anilines is 2. The van der Waals surface area contributed by atoms with Gasteiger partial charge in [0.25, 0.3) is 0 Å². The lowest BCUT2D eigenvalue weighted by atomic mass is 10.0. The normalized spacial score (nSPS) is 14.0. The van der Waals surface area contributed by atoms with E-state index in [1.807, 2.05) is 18.0 Å². The monoisotopic (exact) mass is 505 g/mol. The molecule has 1 aliphatic rings. The zero-order valence-electron chi connectivity index (χ0n) is 18.6. The molecular formula is C23H25Cl2N5O2S. The molecule has 7 nitrogen and oxygen atoms in total. The fourth-order valence-corrected chi connectivity index (χ4v) is 5.16. The molecule has 1 aliphatic heterocycles. The van der Waals surface area contributed by atoms with Gasteiger partial charge in [-0.3, -0.25) is 4.79 Å². The molecule has 0 bridgehead atoms. The first kappa shape index (κ1) is 23.8. The van der Waals surface area contributed by atoms with Gasteiger partial charge >= 0.3 is 0 Å². The summed E-state index contributed by atoms with van der Waals surface area (Å²) in [7, 11) is 2.04. The number of nitrogens with one attached hydrogen (secondary N) is 1. The number of hydrogen-bond acceptors (Lipinski definition) is 7. The molecule has 33 heavy (non-hydrogen) atoms. The number of thiophene rings is 1. The van der Waals surface area contributed by atoms with E-state index in [0.717, 1.165) is 33.6 Å². The zero-order chi connectivity index (χ0) is 23.7. The van der Waals surface area contributed by atoms with Crippen LogP contribution in [0, 0.1) is 0 Å². The van der Waals surface area contributed by atoms with Crippen molar-refractivity contribution in [2.75, 3.05) is 25.5 Å². The molecule has 174 valence electrons. The minimum Gasteiger partial charge on any atom is -0.506 e. The topological polar surface area (TPSA) is 81.6 Å². The van der Waals surface area contributed by atoms with E-state index in [2.05, 4.69) is 34.0 Å². The van der Waals surface area contributed by atoms with E-state index < -0.39 is 0 Å². The molecule has 2 N–H and O–H groups in total. The van der Waals surface area contributed by atoms with Crippen LogP contribution in [0.2, 0.25) is 10.0 Å². The minimum absolute atomic E-state index is 0.0194. The number of amides is 1. The predicted molar refractivity (Wildman–Crippen MR) is 135 cm³/mol. The Morgan fingerprint density at radius 3 is 2.88 bits per heavy atom. The second kappa shape index (κ2) is 9.85. The van der Waals surface area contributed by atoms with E-state index in [-0.39, 0.29) is 21.7 Å². The van der Waals surface area contributed by atoms with Crippen molar-refractivity contribution in [3.05, 3.63) is 51.1 Å². The molecule has 0 radical (unpaired) electrons. The number of aromatic nitrogens is 2. The first-order chi connectivity index (χ1) is 15.7. The Morgan fingerprint density at radius 1 is 1.36 bits per heavy atom. The van der Waals surface area contributed by atoms with Gasteiger partial charge in [0.05, 0.1) is 17.0 Å². The maximum atomic E-state index is 12.7. The third-order valence-electron chi connectivity index (χ3n) is 5.76. The Morgan fingerprint density at radius 2 is 2.15 bits per heavy atom. The van der Waals surface area contributed by atoms with Crippen molar-refractivity contribution in [2.45, 2.75) is 32.9 Å². The maximum Gasteiger partial charge on any atom is 0.246 e. The summed E-state index contributed by atoms with van der Waals surface area (Å²) in [4.78, 5) is 27.6. The summed E-state index contributed by atoms with van der Waals surface area (Å²) in [6.07, 6.45) is 5.81. The number of carbonyl (C=O) groups is 1. The summed E-state index contributed by atoms with van der Waals surface area (Å²) in [5.41, 5.74) is 1.72. The van der Waals surface area contributed by atoms with Crippen LogP contribution in [0.5, 0.6) is 5.75 Å². The fraction of sp³-hybridized carbons (Fsp3) is 0.348. The minimum atomic E-state index is -0.105. The third-order valence-corrected chi connectivity index (χ3v) is 7.67. The van der Waals surface area contributed by atoms with Crippen molar-refractivity contribution < 1.29 is 9.90 Å². The number of aromatic hydroxyl groups is 1. The largest absolute Gasteiger partial charge is 0.506 e. The van der Waals surface area contributed by atoms with Crippen molar-refractivity contribution in [1.82, 2.24) is 19.8 Å². The summed E-state index contributed by atoms with van der Waals surface area (Å²) in [6, 6.07) is 3.57. The highest BCUT2D eigenvalue weighted by molar-refractivity contribution is 7.19. The van der Waals surface area contributed by atoms with Gasteiger partial charge in [-0.05, 0) is 38.9 Å². The first-order valence-corrected chi connectivity index (χ1v) is 12.2. The van der Waals surface area contributed by atoms with E-state index in [0.29, 0.717) is 30.6 Å². The number of benzene rings is 1. The van der Waals surface area contributed by atoms with Gasteiger partial charge in [0.2, 0.25) is 5.91 Å². The molecule has 3 heterocycles. The van der Waals surface area contributed by atoms with E-state index >= 15 is 0 Å². The molecule has 2 aromatic heterocycles. The molecule has 0 atom stereocenters. The van der Waals surface area contributed by atoms with Crippen molar-refractivity contribution in [3.63, 3.8) is 0 Å². The first-order valence-electron chi connectivity index (χ1n) is 10.6. The summed E-state index contributed by atoms with van der Waals surface area (Å²) >= 11 is 13.6. The van der Waals surface area contributed by atoms with Crippen LogP contribution in [0.1, 0.15) is 24.3 Å². The second-order valence-electron chi connectivity index (χ2n) is 8.27. The number of phenols is 1. The smallest absolute Gasteiger partial charge is 0.246 e. The van der Waals surface area contributed by atoms with Crippen LogP contribution >= 0.6 is 34.5 Å². The summed E-state index contributed by atoms with van der Waals surface area (Å²) in [6.45, 7) is 6.16. The molecule has 0 saturated heterocycles.